The second-order valence-electron chi connectivity index (χ2n) is 6.92. The maximum atomic E-state index is 12.5. The van der Waals surface area contributed by atoms with E-state index in [0.29, 0.717) is 29.1 Å². The van der Waals surface area contributed by atoms with Gasteiger partial charge in [0.05, 0.1) is 11.4 Å². The molecule has 2 aromatic carbocycles. The summed E-state index contributed by atoms with van der Waals surface area (Å²) in [6.07, 6.45) is 3.18. The number of benzene rings is 2. The number of hydrogen-bond donors (Lipinski definition) is 2. The standard InChI is InChI=1S/C21H24ClN3O2/c1-14-4-5-15(12-17(14)22)6-9-20(26)24-18-13-16(21(23)27)7-8-19(18)25-10-2-3-11-25/h4-5,7-8,12-13H,2-3,6,9-11H2,1H3,(H2,23,27)(H,24,26). The molecule has 0 saturated carbocycles. The molecular formula is C21H24ClN3O2. The highest BCUT2D eigenvalue weighted by atomic mass is 35.5. The Hall–Kier alpha value is -2.53. The average Bonchev–Trinajstić information content (AvgIpc) is 3.17. The lowest BCUT2D eigenvalue weighted by atomic mass is 10.1. The number of amides is 2. The van der Waals surface area contributed by atoms with Crippen molar-refractivity contribution in [2.75, 3.05) is 23.3 Å². The minimum absolute atomic E-state index is 0.103. The molecule has 0 atom stereocenters. The molecule has 0 spiro atoms. The van der Waals surface area contributed by atoms with E-state index in [1.54, 1.807) is 12.1 Å². The molecular weight excluding hydrogens is 362 g/mol. The van der Waals surface area contributed by atoms with Gasteiger partial charge in [0.1, 0.15) is 0 Å². The van der Waals surface area contributed by atoms with Crippen molar-refractivity contribution >= 4 is 34.8 Å². The van der Waals surface area contributed by atoms with Crippen LogP contribution in [0.4, 0.5) is 11.4 Å². The third-order valence-electron chi connectivity index (χ3n) is 4.88. The molecule has 2 aromatic rings. The fraction of sp³-hybridized carbons (Fsp3) is 0.333. The third-order valence-corrected chi connectivity index (χ3v) is 5.29. The molecule has 5 nitrogen and oxygen atoms in total. The Morgan fingerprint density at radius 3 is 2.56 bits per heavy atom. The number of aryl methyl sites for hydroxylation is 2. The average molecular weight is 386 g/mol. The molecule has 0 bridgehead atoms. The van der Waals surface area contributed by atoms with E-state index in [4.69, 9.17) is 17.3 Å². The molecule has 0 aromatic heterocycles. The fourth-order valence-corrected chi connectivity index (χ4v) is 3.49. The number of rotatable bonds is 6. The molecule has 3 rings (SSSR count). The van der Waals surface area contributed by atoms with E-state index in [0.717, 1.165) is 42.7 Å². The molecule has 1 aliphatic heterocycles. The van der Waals surface area contributed by atoms with Gasteiger partial charge in [-0.2, -0.15) is 0 Å². The lowest BCUT2D eigenvalue weighted by molar-refractivity contribution is -0.116. The summed E-state index contributed by atoms with van der Waals surface area (Å²) in [4.78, 5) is 26.3. The van der Waals surface area contributed by atoms with Crippen molar-refractivity contribution < 1.29 is 9.59 Å². The molecule has 3 N–H and O–H groups in total. The van der Waals surface area contributed by atoms with Gasteiger partial charge in [-0.3, -0.25) is 9.59 Å². The Morgan fingerprint density at radius 2 is 1.89 bits per heavy atom. The summed E-state index contributed by atoms with van der Waals surface area (Å²) >= 11 is 6.15. The van der Waals surface area contributed by atoms with E-state index in [1.807, 2.05) is 31.2 Å². The van der Waals surface area contributed by atoms with E-state index in [1.165, 1.54) is 0 Å². The van der Waals surface area contributed by atoms with Crippen molar-refractivity contribution in [3.05, 3.63) is 58.1 Å². The first-order chi connectivity index (χ1) is 12.9. The van der Waals surface area contributed by atoms with Crippen LogP contribution < -0.4 is 16.0 Å². The van der Waals surface area contributed by atoms with Gasteiger partial charge in [-0.1, -0.05) is 23.7 Å². The van der Waals surface area contributed by atoms with Crippen LogP contribution in [-0.2, 0) is 11.2 Å². The molecule has 2 amide bonds. The summed E-state index contributed by atoms with van der Waals surface area (Å²) in [5.41, 5.74) is 9.40. The SMILES string of the molecule is Cc1ccc(CCC(=O)Nc2cc(C(N)=O)ccc2N2CCCC2)cc1Cl. The number of hydrogen-bond acceptors (Lipinski definition) is 3. The van der Waals surface area contributed by atoms with Crippen molar-refractivity contribution in [3.63, 3.8) is 0 Å². The first-order valence-electron chi connectivity index (χ1n) is 9.18. The fourth-order valence-electron chi connectivity index (χ4n) is 3.29. The molecule has 1 heterocycles. The number of carbonyl (C=O) groups excluding carboxylic acids is 2. The number of halogens is 1. The Kier molecular flexibility index (Phi) is 6.01. The van der Waals surface area contributed by atoms with Gasteiger partial charge >= 0.3 is 0 Å². The molecule has 1 saturated heterocycles. The topological polar surface area (TPSA) is 75.4 Å². The highest BCUT2D eigenvalue weighted by Gasteiger charge is 2.18. The molecule has 0 unspecified atom stereocenters. The van der Waals surface area contributed by atoms with E-state index in [-0.39, 0.29) is 5.91 Å². The summed E-state index contributed by atoms with van der Waals surface area (Å²) in [5.74, 6) is -0.610. The van der Waals surface area contributed by atoms with Crippen molar-refractivity contribution in [2.24, 2.45) is 5.73 Å². The van der Waals surface area contributed by atoms with Gasteiger partial charge in [0.2, 0.25) is 11.8 Å². The zero-order chi connectivity index (χ0) is 19.4. The Labute approximate surface area is 164 Å². The van der Waals surface area contributed by atoms with E-state index >= 15 is 0 Å². The summed E-state index contributed by atoms with van der Waals surface area (Å²) in [5, 5.41) is 3.66. The number of anilines is 2. The van der Waals surface area contributed by atoms with Crippen molar-refractivity contribution in [2.45, 2.75) is 32.6 Å². The lowest BCUT2D eigenvalue weighted by Crippen LogP contribution is -2.22. The quantitative estimate of drug-likeness (QED) is 0.791. The predicted octanol–water partition coefficient (Wildman–Crippen LogP) is 3.92. The highest BCUT2D eigenvalue weighted by Crippen LogP contribution is 2.30. The van der Waals surface area contributed by atoms with Gasteiger partial charge in [-0.15, -0.1) is 0 Å². The smallest absolute Gasteiger partial charge is 0.248 e. The van der Waals surface area contributed by atoms with Crippen molar-refractivity contribution in [1.29, 1.82) is 0 Å². The minimum Gasteiger partial charge on any atom is -0.370 e. The lowest BCUT2D eigenvalue weighted by Gasteiger charge is -2.22. The predicted molar refractivity (Wildman–Crippen MR) is 110 cm³/mol. The summed E-state index contributed by atoms with van der Waals surface area (Å²) < 4.78 is 0. The van der Waals surface area contributed by atoms with E-state index < -0.39 is 5.91 Å². The summed E-state index contributed by atoms with van der Waals surface area (Å²) in [7, 11) is 0. The Bertz CT molecular complexity index is 861. The molecule has 142 valence electrons. The second kappa shape index (κ2) is 8.44. The first kappa shape index (κ1) is 19.2. The van der Waals surface area contributed by atoms with Gasteiger partial charge in [-0.05, 0) is 61.6 Å². The van der Waals surface area contributed by atoms with Crippen molar-refractivity contribution in [3.8, 4) is 0 Å². The van der Waals surface area contributed by atoms with Crippen LogP contribution >= 0.6 is 11.6 Å². The number of nitrogens with one attached hydrogen (secondary N) is 1. The second-order valence-corrected chi connectivity index (χ2v) is 7.33. The summed E-state index contributed by atoms with van der Waals surface area (Å²) in [6.45, 7) is 3.84. The van der Waals surface area contributed by atoms with Crippen molar-refractivity contribution in [1.82, 2.24) is 0 Å². The van der Waals surface area contributed by atoms with Gasteiger partial charge in [0.25, 0.3) is 0 Å². The molecule has 1 aliphatic rings. The number of primary amides is 1. The van der Waals surface area contributed by atoms with Gasteiger partial charge in [0.15, 0.2) is 0 Å². The van der Waals surface area contributed by atoms with Crippen LogP contribution in [0, 0.1) is 6.92 Å². The molecule has 0 aliphatic carbocycles. The van der Waals surface area contributed by atoms with Crippen LogP contribution in [0.2, 0.25) is 5.02 Å². The van der Waals surface area contributed by atoms with Gasteiger partial charge in [-0.25, -0.2) is 0 Å². The largest absolute Gasteiger partial charge is 0.370 e. The summed E-state index contributed by atoms with van der Waals surface area (Å²) in [6, 6.07) is 11.1. The molecule has 0 radical (unpaired) electrons. The number of carbonyl (C=O) groups is 2. The zero-order valence-corrected chi connectivity index (χ0v) is 16.2. The molecule has 6 heteroatoms. The number of nitrogens with zero attached hydrogens (tertiary/aromatic N) is 1. The first-order valence-corrected chi connectivity index (χ1v) is 9.55. The molecule has 27 heavy (non-hydrogen) atoms. The maximum Gasteiger partial charge on any atom is 0.248 e. The maximum absolute atomic E-state index is 12.5. The third kappa shape index (κ3) is 4.80. The normalized spacial score (nSPS) is 13.6. The number of nitrogens with two attached hydrogens (primary N) is 1. The monoisotopic (exact) mass is 385 g/mol. The van der Waals surface area contributed by atoms with Gasteiger partial charge < -0.3 is 16.0 Å². The Balaban J connectivity index is 1.72. The molecule has 1 fully saturated rings. The van der Waals surface area contributed by atoms with Crippen LogP contribution in [0.3, 0.4) is 0 Å². The zero-order valence-electron chi connectivity index (χ0n) is 15.4. The van der Waals surface area contributed by atoms with Crippen LogP contribution in [0.25, 0.3) is 0 Å². The van der Waals surface area contributed by atoms with Crippen LogP contribution in [0.15, 0.2) is 36.4 Å². The van der Waals surface area contributed by atoms with Crippen LogP contribution in [0.1, 0.15) is 40.7 Å². The van der Waals surface area contributed by atoms with E-state index in [2.05, 4.69) is 10.2 Å². The van der Waals surface area contributed by atoms with Gasteiger partial charge in [0, 0.05) is 30.1 Å². The Morgan fingerprint density at radius 1 is 1.15 bits per heavy atom. The van der Waals surface area contributed by atoms with E-state index in [9.17, 15) is 9.59 Å². The van der Waals surface area contributed by atoms with Crippen LogP contribution in [-0.4, -0.2) is 24.9 Å². The highest BCUT2D eigenvalue weighted by molar-refractivity contribution is 6.31. The van der Waals surface area contributed by atoms with Crippen LogP contribution in [0.5, 0.6) is 0 Å². The minimum atomic E-state index is -0.507.